The highest BCUT2D eigenvalue weighted by atomic mass is 32.1. The number of hydrazone groups is 1. The van der Waals surface area contributed by atoms with Gasteiger partial charge in [0.05, 0.1) is 35.6 Å². The quantitative estimate of drug-likeness (QED) is 0.342. The molecule has 1 saturated heterocycles. The lowest BCUT2D eigenvalue weighted by atomic mass is 10.2. The van der Waals surface area contributed by atoms with Gasteiger partial charge in [0.25, 0.3) is 0 Å². The van der Waals surface area contributed by atoms with Crippen LogP contribution in [0, 0.1) is 5.82 Å². The van der Waals surface area contributed by atoms with Crippen molar-refractivity contribution < 1.29 is 13.9 Å². The molecule has 29 heavy (non-hydrogen) atoms. The van der Waals surface area contributed by atoms with Crippen LogP contribution < -0.4 is 5.32 Å². The molecule has 0 bridgehead atoms. The number of allylic oxidation sites excluding steroid dienone is 2. The highest BCUT2D eigenvalue weighted by Gasteiger charge is 2.14. The van der Waals surface area contributed by atoms with Crippen molar-refractivity contribution in [3.05, 3.63) is 47.9 Å². The van der Waals surface area contributed by atoms with E-state index < -0.39 is 0 Å². The van der Waals surface area contributed by atoms with Gasteiger partial charge in [-0.15, -0.1) is 17.9 Å². The molecule has 1 unspecified atom stereocenters. The van der Waals surface area contributed by atoms with Gasteiger partial charge in [-0.1, -0.05) is 6.08 Å². The van der Waals surface area contributed by atoms with Gasteiger partial charge in [0.1, 0.15) is 5.52 Å². The zero-order chi connectivity index (χ0) is 20.5. The molecule has 1 aliphatic rings. The van der Waals surface area contributed by atoms with Crippen molar-refractivity contribution in [2.45, 2.75) is 32.5 Å². The van der Waals surface area contributed by atoms with E-state index in [1.165, 1.54) is 11.3 Å². The number of nitrogens with one attached hydrogen (secondary N) is 1. The number of hydrogen-bond donors (Lipinski definition) is 1. The lowest BCUT2D eigenvalue weighted by Crippen LogP contribution is -2.28. The van der Waals surface area contributed by atoms with Gasteiger partial charge in [0.2, 0.25) is 0 Å². The van der Waals surface area contributed by atoms with Gasteiger partial charge in [-0.3, -0.25) is 5.01 Å². The van der Waals surface area contributed by atoms with Crippen molar-refractivity contribution >= 4 is 33.5 Å². The predicted molar refractivity (Wildman–Crippen MR) is 117 cm³/mol. The van der Waals surface area contributed by atoms with E-state index in [0.717, 1.165) is 36.3 Å². The number of anilines is 1. The van der Waals surface area contributed by atoms with Crippen molar-refractivity contribution in [2.24, 2.45) is 5.10 Å². The molecule has 1 N–H and O–H groups in total. The summed E-state index contributed by atoms with van der Waals surface area (Å²) in [4.78, 5) is 4.08. The summed E-state index contributed by atoms with van der Waals surface area (Å²) in [6.07, 6.45) is 8.37. The number of hydrogen-bond acceptors (Lipinski definition) is 7. The second-order valence-electron chi connectivity index (χ2n) is 6.73. The van der Waals surface area contributed by atoms with Crippen LogP contribution in [0.4, 0.5) is 10.1 Å². The fourth-order valence-corrected chi connectivity index (χ4v) is 3.64. The molecule has 8 heteroatoms. The number of fused-ring (bicyclic) bond motifs is 1. The number of aromatic nitrogens is 1. The first-order valence-electron chi connectivity index (χ1n) is 9.76. The van der Waals surface area contributed by atoms with Crippen LogP contribution in [0.5, 0.6) is 0 Å². The van der Waals surface area contributed by atoms with E-state index in [4.69, 9.17) is 9.47 Å². The monoisotopic (exact) mass is 418 g/mol. The number of thiazole rings is 1. The summed E-state index contributed by atoms with van der Waals surface area (Å²) in [5.41, 5.74) is 3.20. The van der Waals surface area contributed by atoms with Crippen LogP contribution in [0.25, 0.3) is 10.2 Å². The maximum Gasteiger partial charge on any atom is 0.173 e. The minimum atomic E-state index is -0.344. The molecule has 1 aromatic carbocycles. The van der Waals surface area contributed by atoms with Crippen LogP contribution >= 0.6 is 11.3 Å². The molecule has 0 spiro atoms. The Morgan fingerprint density at radius 1 is 1.52 bits per heavy atom. The number of rotatable bonds is 10. The van der Waals surface area contributed by atoms with Gasteiger partial charge in [0.15, 0.2) is 12.1 Å². The lowest BCUT2D eigenvalue weighted by molar-refractivity contribution is -0.164. The van der Waals surface area contributed by atoms with Crippen molar-refractivity contribution in [1.82, 2.24) is 9.99 Å². The molecule has 1 fully saturated rings. The average Bonchev–Trinajstić information content (AvgIpc) is 3.21. The van der Waals surface area contributed by atoms with Gasteiger partial charge in [-0.25, -0.2) is 9.37 Å². The van der Waals surface area contributed by atoms with Crippen molar-refractivity contribution in [3.63, 3.8) is 0 Å². The summed E-state index contributed by atoms with van der Waals surface area (Å²) in [7, 11) is 0. The highest BCUT2D eigenvalue weighted by molar-refractivity contribution is 7.16. The Balaban J connectivity index is 1.51. The molecule has 0 saturated carbocycles. The molecule has 0 amide bonds. The maximum absolute atomic E-state index is 14.5. The van der Waals surface area contributed by atoms with Gasteiger partial charge in [-0.05, 0) is 44.4 Å². The molecule has 6 nitrogen and oxygen atoms in total. The van der Waals surface area contributed by atoms with E-state index in [9.17, 15) is 4.39 Å². The van der Waals surface area contributed by atoms with Crippen LogP contribution in [0.3, 0.4) is 0 Å². The highest BCUT2D eigenvalue weighted by Crippen LogP contribution is 2.26. The smallest absolute Gasteiger partial charge is 0.173 e. The molecular formula is C21H27FN4O2S. The second-order valence-corrected chi connectivity index (χ2v) is 7.62. The fourth-order valence-electron chi connectivity index (χ4n) is 2.97. The Hall–Kier alpha value is -2.29. The predicted octanol–water partition coefficient (Wildman–Crippen LogP) is 4.77. The number of ether oxygens (including phenoxy) is 2. The molecule has 1 aromatic heterocycles. The third kappa shape index (κ3) is 6.35. The fraction of sp³-hybridized carbons (Fsp3) is 0.429. The Kier molecular flexibility index (Phi) is 8.15. The van der Waals surface area contributed by atoms with E-state index in [1.807, 2.05) is 18.0 Å². The minimum absolute atomic E-state index is 0.102. The van der Waals surface area contributed by atoms with Crippen LogP contribution in [0.1, 0.15) is 26.2 Å². The van der Waals surface area contributed by atoms with Gasteiger partial charge in [0, 0.05) is 18.5 Å². The molecule has 2 aromatic rings. The van der Waals surface area contributed by atoms with Crippen LogP contribution in [-0.4, -0.2) is 48.8 Å². The molecule has 0 aliphatic carbocycles. The summed E-state index contributed by atoms with van der Waals surface area (Å²) < 4.78 is 26.6. The Morgan fingerprint density at radius 2 is 2.41 bits per heavy atom. The zero-order valence-electron chi connectivity index (χ0n) is 16.6. The van der Waals surface area contributed by atoms with Crippen molar-refractivity contribution in [3.8, 4) is 0 Å². The van der Waals surface area contributed by atoms with Crippen LogP contribution in [-0.2, 0) is 9.47 Å². The Morgan fingerprint density at radius 3 is 3.21 bits per heavy atom. The number of nitrogens with zero attached hydrogens (tertiary/aromatic N) is 3. The first-order chi connectivity index (χ1) is 14.2. The SMILES string of the molecule is C=CCN(CCOC1CCCCO1)/N=C\C=C(/C)Nc1ccc2scnc2c1F. The first-order valence-corrected chi connectivity index (χ1v) is 10.6. The van der Waals surface area contributed by atoms with E-state index in [-0.39, 0.29) is 12.1 Å². The summed E-state index contributed by atoms with van der Waals surface area (Å²) >= 11 is 1.42. The van der Waals surface area contributed by atoms with Gasteiger partial charge < -0.3 is 14.8 Å². The zero-order valence-corrected chi connectivity index (χ0v) is 17.5. The first kappa shape index (κ1) is 21.4. The standard InChI is InChI=1S/C21H27FN4O2S/c1-3-11-26(12-14-28-19-6-4-5-13-27-19)24-10-9-16(2)25-17-7-8-18-21(20(17)22)23-15-29-18/h3,7-10,15,19,25H,1,4-6,11-14H2,2H3/b16-9+,24-10-. The molecule has 0 radical (unpaired) electrons. The van der Waals surface area contributed by atoms with Crippen LogP contribution in [0.15, 0.2) is 47.2 Å². The molecule has 1 atom stereocenters. The lowest BCUT2D eigenvalue weighted by Gasteiger charge is -2.24. The van der Waals surface area contributed by atoms with E-state index >= 15 is 0 Å². The van der Waals surface area contributed by atoms with E-state index in [0.29, 0.717) is 30.9 Å². The summed E-state index contributed by atoms with van der Waals surface area (Å²) in [6, 6.07) is 3.58. The average molecular weight is 419 g/mol. The number of halogens is 1. The molecule has 3 rings (SSSR count). The van der Waals surface area contributed by atoms with Gasteiger partial charge in [-0.2, -0.15) is 5.10 Å². The van der Waals surface area contributed by atoms with E-state index in [2.05, 4.69) is 22.0 Å². The van der Waals surface area contributed by atoms with E-state index in [1.54, 1.807) is 29.9 Å². The van der Waals surface area contributed by atoms with Crippen LogP contribution in [0.2, 0.25) is 0 Å². The van der Waals surface area contributed by atoms with Gasteiger partial charge >= 0.3 is 0 Å². The molecule has 2 heterocycles. The maximum atomic E-state index is 14.5. The van der Waals surface area contributed by atoms with Crippen molar-refractivity contribution in [2.75, 3.05) is 31.6 Å². The topological polar surface area (TPSA) is 59.0 Å². The molecular weight excluding hydrogens is 391 g/mol. The second kappa shape index (κ2) is 11.0. The minimum Gasteiger partial charge on any atom is -0.357 e. The summed E-state index contributed by atoms with van der Waals surface area (Å²) in [6.45, 7) is 8.19. The molecule has 1 aliphatic heterocycles. The Bertz CT molecular complexity index is 861. The normalized spacial score (nSPS) is 17.7. The third-order valence-electron chi connectivity index (χ3n) is 4.46. The summed E-state index contributed by atoms with van der Waals surface area (Å²) in [5, 5.41) is 9.36. The largest absolute Gasteiger partial charge is 0.357 e. The summed E-state index contributed by atoms with van der Waals surface area (Å²) in [5.74, 6) is -0.344. The van der Waals surface area contributed by atoms with Crippen molar-refractivity contribution in [1.29, 1.82) is 0 Å². The third-order valence-corrected chi connectivity index (χ3v) is 5.25. The molecule has 156 valence electrons. The Labute approximate surface area is 174 Å². The number of benzene rings is 1.